The van der Waals surface area contributed by atoms with Crippen LogP contribution in [0.15, 0.2) is 83.7 Å². The molecule has 4 nitrogen and oxygen atoms in total. The number of aromatic nitrogens is 1. The van der Waals surface area contributed by atoms with Crippen LogP contribution in [-0.2, 0) is 17.9 Å². The Morgan fingerprint density at radius 1 is 0.828 bits per heavy atom. The van der Waals surface area contributed by atoms with Crippen LogP contribution in [0, 0.1) is 0 Å². The van der Waals surface area contributed by atoms with E-state index >= 15 is 0 Å². The van der Waals surface area contributed by atoms with Gasteiger partial charge in [0, 0.05) is 23.4 Å². The number of hydrogen-bond acceptors (Lipinski definition) is 2. The van der Waals surface area contributed by atoms with Crippen LogP contribution in [0.1, 0.15) is 18.4 Å². The van der Waals surface area contributed by atoms with Crippen molar-refractivity contribution in [1.29, 1.82) is 0 Å². The van der Waals surface area contributed by atoms with Crippen LogP contribution in [-0.4, -0.2) is 21.4 Å². The van der Waals surface area contributed by atoms with Gasteiger partial charge in [-0.2, -0.15) is 0 Å². The fraction of sp³-hybridized carbons (Fsp3) is 0.200. The lowest BCUT2D eigenvalue weighted by Crippen LogP contribution is -2.35. The van der Waals surface area contributed by atoms with Crippen LogP contribution in [0.4, 0.5) is 0 Å². The number of carbonyl (C=O) groups excluding carboxylic acids is 1. The summed E-state index contributed by atoms with van der Waals surface area (Å²) in [5, 5.41) is 1.31. The second kappa shape index (κ2) is 7.21. The predicted molar refractivity (Wildman–Crippen MR) is 116 cm³/mol. The number of hydrogen-bond donors (Lipinski definition) is 0. The summed E-state index contributed by atoms with van der Waals surface area (Å²) >= 11 is 0. The minimum absolute atomic E-state index is 0.0169. The number of benzene rings is 3. The summed E-state index contributed by atoms with van der Waals surface area (Å²) in [5.41, 5.74) is 2.77. The van der Waals surface area contributed by atoms with Gasteiger partial charge in [-0.05, 0) is 42.7 Å². The van der Waals surface area contributed by atoms with Crippen molar-refractivity contribution in [3.8, 4) is 0 Å². The number of carbonyl (C=O) groups is 1. The van der Waals surface area contributed by atoms with E-state index in [1.165, 1.54) is 0 Å². The standard InChI is InChI=1S/C25H22N2O2/c28-24(26(19-14-15-19)16-18-8-2-1-3-9-18)17-27-22-12-6-4-10-20(22)25(29)21-11-5-7-13-23(21)27/h1-13,19H,14-17H2. The molecule has 1 fully saturated rings. The van der Waals surface area contributed by atoms with Crippen molar-refractivity contribution in [1.82, 2.24) is 9.47 Å². The second-order valence-corrected chi connectivity index (χ2v) is 7.69. The maximum Gasteiger partial charge on any atom is 0.243 e. The molecule has 0 aliphatic heterocycles. The molecular formula is C25H22N2O2. The summed E-state index contributed by atoms with van der Waals surface area (Å²) in [5.74, 6) is 0.0929. The van der Waals surface area contributed by atoms with E-state index in [0.29, 0.717) is 23.4 Å². The minimum atomic E-state index is 0.0169. The van der Waals surface area contributed by atoms with Crippen LogP contribution < -0.4 is 5.43 Å². The minimum Gasteiger partial charge on any atom is -0.334 e. The zero-order valence-corrected chi connectivity index (χ0v) is 16.1. The molecule has 4 aromatic rings. The van der Waals surface area contributed by atoms with Gasteiger partial charge in [-0.3, -0.25) is 9.59 Å². The van der Waals surface area contributed by atoms with Crippen LogP contribution >= 0.6 is 0 Å². The van der Waals surface area contributed by atoms with Crippen molar-refractivity contribution in [2.45, 2.75) is 32.0 Å². The molecule has 1 amide bonds. The molecule has 0 radical (unpaired) electrons. The molecule has 29 heavy (non-hydrogen) atoms. The molecule has 0 unspecified atom stereocenters. The SMILES string of the molecule is O=C(Cn1c2ccccc2c(=O)c2ccccc21)N(Cc1ccccc1)C1CC1. The largest absolute Gasteiger partial charge is 0.334 e. The summed E-state index contributed by atoms with van der Waals surface area (Å²) in [6.45, 7) is 0.852. The van der Waals surface area contributed by atoms with Crippen molar-refractivity contribution in [2.24, 2.45) is 0 Å². The first-order valence-corrected chi connectivity index (χ1v) is 10.1. The van der Waals surface area contributed by atoms with E-state index in [9.17, 15) is 9.59 Å². The van der Waals surface area contributed by atoms with Crippen molar-refractivity contribution >= 4 is 27.7 Å². The van der Waals surface area contributed by atoms with Crippen molar-refractivity contribution in [2.75, 3.05) is 0 Å². The predicted octanol–water partition coefficient (Wildman–Crippen LogP) is 4.35. The number of pyridine rings is 1. The lowest BCUT2D eigenvalue weighted by atomic mass is 10.1. The fourth-order valence-electron chi connectivity index (χ4n) is 4.06. The molecule has 1 heterocycles. The maximum atomic E-state index is 13.4. The van der Waals surface area contributed by atoms with Gasteiger partial charge in [-0.15, -0.1) is 0 Å². The summed E-state index contributed by atoms with van der Waals surface area (Å²) in [4.78, 5) is 28.3. The molecule has 1 aliphatic rings. The molecule has 5 rings (SSSR count). The number of amides is 1. The van der Waals surface area contributed by atoms with Gasteiger partial charge in [0.2, 0.25) is 5.91 Å². The summed E-state index contributed by atoms with van der Waals surface area (Å²) in [7, 11) is 0. The Hall–Kier alpha value is -3.40. The number of para-hydroxylation sites is 2. The zero-order valence-electron chi connectivity index (χ0n) is 16.1. The lowest BCUT2D eigenvalue weighted by Gasteiger charge is -2.24. The Morgan fingerprint density at radius 2 is 1.38 bits per heavy atom. The van der Waals surface area contributed by atoms with Gasteiger partial charge in [0.05, 0.1) is 11.0 Å². The highest BCUT2D eigenvalue weighted by atomic mass is 16.2. The van der Waals surface area contributed by atoms with Gasteiger partial charge in [0.1, 0.15) is 6.54 Å². The average Bonchev–Trinajstić information content (AvgIpc) is 3.61. The summed E-state index contributed by atoms with van der Waals surface area (Å²) in [6, 6.07) is 25.6. The fourth-order valence-corrected chi connectivity index (χ4v) is 4.06. The van der Waals surface area contributed by atoms with Gasteiger partial charge in [0.25, 0.3) is 0 Å². The third-order valence-electron chi connectivity index (χ3n) is 5.68. The van der Waals surface area contributed by atoms with E-state index in [0.717, 1.165) is 29.4 Å². The van der Waals surface area contributed by atoms with E-state index in [1.807, 2.05) is 76.2 Å². The van der Waals surface area contributed by atoms with E-state index in [2.05, 4.69) is 12.1 Å². The lowest BCUT2D eigenvalue weighted by molar-refractivity contribution is -0.132. The zero-order chi connectivity index (χ0) is 19.8. The third kappa shape index (κ3) is 3.31. The van der Waals surface area contributed by atoms with Crippen LogP contribution in [0.2, 0.25) is 0 Å². The van der Waals surface area contributed by atoms with E-state index in [-0.39, 0.29) is 17.9 Å². The van der Waals surface area contributed by atoms with Crippen molar-refractivity contribution in [3.05, 3.63) is 94.6 Å². The monoisotopic (exact) mass is 382 g/mol. The Morgan fingerprint density at radius 3 is 1.97 bits per heavy atom. The molecule has 1 saturated carbocycles. The molecule has 0 spiro atoms. The van der Waals surface area contributed by atoms with Gasteiger partial charge >= 0.3 is 0 Å². The molecule has 1 aliphatic carbocycles. The molecule has 0 saturated heterocycles. The molecule has 3 aromatic carbocycles. The first kappa shape index (κ1) is 17.7. The molecule has 1 aromatic heterocycles. The smallest absolute Gasteiger partial charge is 0.243 e. The van der Waals surface area contributed by atoms with Crippen molar-refractivity contribution in [3.63, 3.8) is 0 Å². The van der Waals surface area contributed by atoms with Crippen LogP contribution in [0.25, 0.3) is 21.8 Å². The highest BCUT2D eigenvalue weighted by molar-refractivity contribution is 5.94. The molecule has 144 valence electrons. The molecule has 0 N–H and O–H groups in total. The van der Waals surface area contributed by atoms with Gasteiger partial charge < -0.3 is 9.47 Å². The topological polar surface area (TPSA) is 42.3 Å². The number of fused-ring (bicyclic) bond motifs is 2. The first-order chi connectivity index (χ1) is 14.2. The third-order valence-corrected chi connectivity index (χ3v) is 5.68. The van der Waals surface area contributed by atoms with E-state index in [4.69, 9.17) is 0 Å². The Labute approximate surface area is 169 Å². The average molecular weight is 382 g/mol. The first-order valence-electron chi connectivity index (χ1n) is 10.1. The maximum absolute atomic E-state index is 13.4. The highest BCUT2D eigenvalue weighted by Gasteiger charge is 2.32. The van der Waals surface area contributed by atoms with Gasteiger partial charge in [-0.1, -0.05) is 54.6 Å². The Bertz CT molecular complexity index is 1200. The normalized spacial score (nSPS) is 13.7. The van der Waals surface area contributed by atoms with Crippen molar-refractivity contribution < 1.29 is 4.79 Å². The number of nitrogens with zero attached hydrogens (tertiary/aromatic N) is 2. The number of rotatable bonds is 5. The van der Waals surface area contributed by atoms with E-state index < -0.39 is 0 Å². The molecule has 0 bridgehead atoms. The molecular weight excluding hydrogens is 360 g/mol. The van der Waals surface area contributed by atoms with Crippen LogP contribution in [0.3, 0.4) is 0 Å². The summed E-state index contributed by atoms with van der Waals surface area (Å²) < 4.78 is 1.99. The Kier molecular flexibility index (Phi) is 4.39. The highest BCUT2D eigenvalue weighted by Crippen LogP contribution is 2.29. The molecule has 4 heteroatoms. The van der Waals surface area contributed by atoms with Crippen LogP contribution in [0.5, 0.6) is 0 Å². The van der Waals surface area contributed by atoms with E-state index in [1.54, 1.807) is 0 Å². The second-order valence-electron chi connectivity index (χ2n) is 7.69. The van der Waals surface area contributed by atoms with Gasteiger partial charge in [0.15, 0.2) is 5.43 Å². The molecule has 0 atom stereocenters. The quantitative estimate of drug-likeness (QED) is 0.482. The Balaban J connectivity index is 1.57. The summed E-state index contributed by atoms with van der Waals surface area (Å²) in [6.07, 6.45) is 2.12. The van der Waals surface area contributed by atoms with Gasteiger partial charge in [-0.25, -0.2) is 0 Å².